The maximum atomic E-state index is 9.27. The van der Waals surface area contributed by atoms with Gasteiger partial charge in [0.25, 0.3) is 0 Å². The Bertz CT molecular complexity index is 532. The molecule has 2 N–H and O–H groups in total. The van der Waals surface area contributed by atoms with Gasteiger partial charge in [0.2, 0.25) is 0 Å². The predicted molar refractivity (Wildman–Crippen MR) is 74.0 cm³/mol. The largest absolute Gasteiger partial charge is 0.396 e. The third-order valence-electron chi connectivity index (χ3n) is 3.80. The van der Waals surface area contributed by atoms with Gasteiger partial charge >= 0.3 is 0 Å². The molecule has 1 saturated carbocycles. The van der Waals surface area contributed by atoms with Crippen LogP contribution in [0.1, 0.15) is 18.4 Å². The van der Waals surface area contributed by atoms with E-state index < -0.39 is 0 Å². The molecule has 1 aromatic carbocycles. The molecule has 0 bridgehead atoms. The van der Waals surface area contributed by atoms with Crippen molar-refractivity contribution in [1.29, 1.82) is 0 Å². The van der Waals surface area contributed by atoms with Gasteiger partial charge in [-0.25, -0.2) is 4.68 Å². The number of nitrogens with zero attached hydrogens (tertiary/aromatic N) is 2. The number of rotatable bonds is 6. The number of benzene rings is 1. The van der Waals surface area contributed by atoms with Crippen LogP contribution in [0.2, 0.25) is 0 Å². The summed E-state index contributed by atoms with van der Waals surface area (Å²) in [4.78, 5) is 0. The molecule has 4 nitrogen and oxygen atoms in total. The summed E-state index contributed by atoms with van der Waals surface area (Å²) in [5.74, 6) is 0. The van der Waals surface area contributed by atoms with Gasteiger partial charge in [0.1, 0.15) is 0 Å². The maximum absolute atomic E-state index is 9.27. The minimum Gasteiger partial charge on any atom is -0.396 e. The second-order valence-electron chi connectivity index (χ2n) is 5.38. The third kappa shape index (κ3) is 2.85. The summed E-state index contributed by atoms with van der Waals surface area (Å²) in [6.07, 6.45) is 6.01. The van der Waals surface area contributed by atoms with E-state index in [2.05, 4.69) is 22.5 Å². The highest BCUT2D eigenvalue weighted by atomic mass is 16.3. The monoisotopic (exact) mass is 257 g/mol. The summed E-state index contributed by atoms with van der Waals surface area (Å²) >= 11 is 0. The Morgan fingerprint density at radius 2 is 2.21 bits per heavy atom. The molecule has 2 aromatic rings. The highest BCUT2D eigenvalue weighted by molar-refractivity contribution is 5.34. The quantitative estimate of drug-likeness (QED) is 0.828. The molecule has 0 saturated heterocycles. The molecule has 1 fully saturated rings. The number of hydrogen-bond donors (Lipinski definition) is 2. The lowest BCUT2D eigenvalue weighted by molar-refractivity contribution is 0.207. The fraction of sp³-hybridized carbons (Fsp3) is 0.400. The molecule has 1 aliphatic rings. The Kier molecular flexibility index (Phi) is 3.36. The molecule has 19 heavy (non-hydrogen) atoms. The lowest BCUT2D eigenvalue weighted by atomic mass is 10.1. The van der Waals surface area contributed by atoms with Crippen molar-refractivity contribution in [3.63, 3.8) is 0 Å². The van der Waals surface area contributed by atoms with E-state index >= 15 is 0 Å². The summed E-state index contributed by atoms with van der Waals surface area (Å²) in [5.41, 5.74) is 2.48. The van der Waals surface area contributed by atoms with Gasteiger partial charge in [-0.3, -0.25) is 0 Å². The zero-order chi connectivity index (χ0) is 13.1. The first-order valence-corrected chi connectivity index (χ1v) is 6.72. The molecular weight excluding hydrogens is 238 g/mol. The van der Waals surface area contributed by atoms with Crippen LogP contribution in [0.5, 0.6) is 0 Å². The van der Waals surface area contributed by atoms with E-state index in [0.29, 0.717) is 6.61 Å². The summed E-state index contributed by atoms with van der Waals surface area (Å²) in [5, 5.41) is 16.9. The van der Waals surface area contributed by atoms with Gasteiger partial charge in [-0.2, -0.15) is 5.10 Å². The van der Waals surface area contributed by atoms with Gasteiger partial charge in [-0.15, -0.1) is 0 Å². The van der Waals surface area contributed by atoms with Crippen molar-refractivity contribution in [2.24, 2.45) is 5.41 Å². The van der Waals surface area contributed by atoms with Crippen molar-refractivity contribution >= 4 is 0 Å². The van der Waals surface area contributed by atoms with Crippen molar-refractivity contribution in [3.05, 3.63) is 48.3 Å². The fourth-order valence-corrected chi connectivity index (χ4v) is 2.27. The average molecular weight is 257 g/mol. The van der Waals surface area contributed by atoms with E-state index in [0.717, 1.165) is 31.6 Å². The molecule has 0 radical (unpaired) electrons. The van der Waals surface area contributed by atoms with Gasteiger partial charge in [0.05, 0.1) is 5.69 Å². The number of hydrogen-bond acceptors (Lipinski definition) is 3. The van der Waals surface area contributed by atoms with Gasteiger partial charge in [-0.05, 0) is 36.6 Å². The maximum Gasteiger partial charge on any atom is 0.0648 e. The summed E-state index contributed by atoms with van der Waals surface area (Å²) in [6, 6.07) is 10.3. The van der Waals surface area contributed by atoms with Crippen molar-refractivity contribution in [2.75, 3.05) is 13.2 Å². The molecule has 4 heteroatoms. The lowest BCUT2D eigenvalue weighted by Crippen LogP contribution is -2.26. The van der Waals surface area contributed by atoms with E-state index in [9.17, 15) is 5.11 Å². The zero-order valence-corrected chi connectivity index (χ0v) is 10.9. The van der Waals surface area contributed by atoms with Crippen LogP contribution in [0.25, 0.3) is 5.69 Å². The van der Waals surface area contributed by atoms with Gasteiger partial charge in [0, 0.05) is 37.5 Å². The molecule has 1 aliphatic carbocycles. The smallest absolute Gasteiger partial charge is 0.0648 e. The van der Waals surface area contributed by atoms with E-state index in [1.165, 1.54) is 5.56 Å². The number of aliphatic hydroxyl groups excluding tert-OH is 1. The summed E-state index contributed by atoms with van der Waals surface area (Å²) in [7, 11) is 0. The third-order valence-corrected chi connectivity index (χ3v) is 3.80. The van der Waals surface area contributed by atoms with E-state index in [-0.39, 0.29) is 5.41 Å². The molecular formula is C15H19N3O. The minimum atomic E-state index is 0.166. The molecule has 0 unspecified atom stereocenters. The number of aromatic nitrogens is 2. The topological polar surface area (TPSA) is 50.1 Å². The number of nitrogens with one attached hydrogen (secondary N) is 1. The summed E-state index contributed by atoms with van der Waals surface area (Å²) < 4.78 is 1.86. The highest BCUT2D eigenvalue weighted by Crippen LogP contribution is 2.44. The van der Waals surface area contributed by atoms with Crippen LogP contribution in [0, 0.1) is 5.41 Å². The Labute approximate surface area is 113 Å². The second-order valence-corrected chi connectivity index (χ2v) is 5.38. The second kappa shape index (κ2) is 5.15. The van der Waals surface area contributed by atoms with Crippen LogP contribution in [0.3, 0.4) is 0 Å². The number of aliphatic hydroxyl groups is 1. The highest BCUT2D eigenvalue weighted by Gasteiger charge is 2.41. The molecule has 0 amide bonds. The van der Waals surface area contributed by atoms with Gasteiger partial charge in [0.15, 0.2) is 0 Å². The SMILES string of the molecule is OCC1(CNCc2cccc(-n3cccn3)c2)CC1. The van der Waals surface area contributed by atoms with E-state index in [1.54, 1.807) is 6.20 Å². The van der Waals surface area contributed by atoms with E-state index in [1.807, 2.05) is 29.1 Å². The lowest BCUT2D eigenvalue weighted by Gasteiger charge is -2.13. The van der Waals surface area contributed by atoms with E-state index in [4.69, 9.17) is 0 Å². The van der Waals surface area contributed by atoms with Gasteiger partial charge < -0.3 is 10.4 Å². The molecule has 0 atom stereocenters. The van der Waals surface area contributed by atoms with Crippen molar-refractivity contribution in [3.8, 4) is 5.69 Å². The van der Waals surface area contributed by atoms with Crippen LogP contribution in [0.15, 0.2) is 42.7 Å². The first-order valence-electron chi connectivity index (χ1n) is 6.72. The standard InChI is InChI=1S/C15H19N3O/c19-12-15(5-6-15)11-16-10-13-3-1-4-14(9-13)18-8-2-7-17-18/h1-4,7-9,16,19H,5-6,10-12H2. The van der Waals surface area contributed by atoms with Crippen molar-refractivity contribution < 1.29 is 5.11 Å². The Morgan fingerprint density at radius 1 is 1.32 bits per heavy atom. The van der Waals surface area contributed by atoms with Crippen LogP contribution in [-0.4, -0.2) is 28.0 Å². The van der Waals surface area contributed by atoms with Crippen LogP contribution in [0.4, 0.5) is 0 Å². The minimum absolute atomic E-state index is 0.166. The Hall–Kier alpha value is -1.65. The molecule has 0 spiro atoms. The van der Waals surface area contributed by atoms with Crippen molar-refractivity contribution in [2.45, 2.75) is 19.4 Å². The first kappa shape index (κ1) is 12.4. The first-order chi connectivity index (χ1) is 9.31. The Morgan fingerprint density at radius 3 is 2.89 bits per heavy atom. The molecule has 1 aromatic heterocycles. The van der Waals surface area contributed by atoms with Gasteiger partial charge in [-0.1, -0.05) is 12.1 Å². The normalized spacial score (nSPS) is 16.5. The molecule has 0 aliphatic heterocycles. The van der Waals surface area contributed by atoms with Crippen LogP contribution >= 0.6 is 0 Å². The van der Waals surface area contributed by atoms with Crippen LogP contribution in [-0.2, 0) is 6.54 Å². The summed E-state index contributed by atoms with van der Waals surface area (Å²) in [6.45, 7) is 2.03. The van der Waals surface area contributed by atoms with Crippen LogP contribution < -0.4 is 5.32 Å². The zero-order valence-electron chi connectivity index (χ0n) is 10.9. The fourth-order valence-electron chi connectivity index (χ4n) is 2.27. The molecule has 100 valence electrons. The average Bonchev–Trinajstić information content (AvgIpc) is 3.02. The van der Waals surface area contributed by atoms with Crippen molar-refractivity contribution in [1.82, 2.24) is 15.1 Å². The molecule has 3 rings (SSSR count). The predicted octanol–water partition coefficient (Wildman–Crippen LogP) is 1.73. The molecule has 1 heterocycles. The Balaban J connectivity index is 1.61.